The number of nitrogens with one attached hydrogen (secondary N) is 1. The van der Waals surface area contributed by atoms with E-state index in [0.717, 1.165) is 28.1 Å². The second-order valence-corrected chi connectivity index (χ2v) is 4.82. The standard InChI is InChI=1S/C14H15BrN2O/c1-3-16-13-5-4-6-14(17-13)18-12-9-11(15)8-7-10(12)2/h4-9H,3H2,1-2H3,(H,16,17). The fourth-order valence-electron chi connectivity index (χ4n) is 1.55. The second kappa shape index (κ2) is 5.87. The lowest BCUT2D eigenvalue weighted by Crippen LogP contribution is -1.99. The highest BCUT2D eigenvalue weighted by molar-refractivity contribution is 9.10. The van der Waals surface area contributed by atoms with Gasteiger partial charge >= 0.3 is 0 Å². The van der Waals surface area contributed by atoms with Crippen molar-refractivity contribution in [3.8, 4) is 11.6 Å². The minimum absolute atomic E-state index is 0.592. The van der Waals surface area contributed by atoms with Crippen molar-refractivity contribution in [2.45, 2.75) is 13.8 Å². The van der Waals surface area contributed by atoms with E-state index in [1.54, 1.807) is 0 Å². The van der Waals surface area contributed by atoms with Gasteiger partial charge in [-0.2, -0.15) is 4.98 Å². The topological polar surface area (TPSA) is 34.1 Å². The lowest BCUT2D eigenvalue weighted by Gasteiger charge is -2.09. The number of hydrogen-bond acceptors (Lipinski definition) is 3. The van der Waals surface area contributed by atoms with Gasteiger partial charge in [-0.1, -0.05) is 28.1 Å². The number of benzene rings is 1. The Labute approximate surface area is 115 Å². The molecule has 94 valence electrons. The van der Waals surface area contributed by atoms with E-state index in [9.17, 15) is 0 Å². The molecule has 0 aliphatic heterocycles. The van der Waals surface area contributed by atoms with Crippen LogP contribution in [0.15, 0.2) is 40.9 Å². The Bertz CT molecular complexity index is 543. The predicted molar refractivity (Wildman–Crippen MR) is 77.4 cm³/mol. The van der Waals surface area contributed by atoms with Gasteiger partial charge in [-0.3, -0.25) is 0 Å². The van der Waals surface area contributed by atoms with Gasteiger partial charge in [0.1, 0.15) is 11.6 Å². The summed E-state index contributed by atoms with van der Waals surface area (Å²) in [5.74, 6) is 2.22. The van der Waals surface area contributed by atoms with Gasteiger partial charge in [0.25, 0.3) is 0 Å². The monoisotopic (exact) mass is 306 g/mol. The number of ether oxygens (including phenoxy) is 1. The van der Waals surface area contributed by atoms with Crippen LogP contribution in [-0.4, -0.2) is 11.5 Å². The Morgan fingerprint density at radius 1 is 1.28 bits per heavy atom. The minimum atomic E-state index is 0.592. The molecule has 18 heavy (non-hydrogen) atoms. The van der Waals surface area contributed by atoms with Gasteiger partial charge in [-0.25, -0.2) is 0 Å². The highest BCUT2D eigenvalue weighted by Crippen LogP contribution is 2.27. The van der Waals surface area contributed by atoms with Crippen molar-refractivity contribution in [1.29, 1.82) is 0 Å². The fourth-order valence-corrected chi connectivity index (χ4v) is 1.89. The molecule has 0 radical (unpaired) electrons. The molecular formula is C14H15BrN2O. The lowest BCUT2D eigenvalue weighted by molar-refractivity contribution is 0.460. The zero-order valence-electron chi connectivity index (χ0n) is 10.4. The van der Waals surface area contributed by atoms with E-state index < -0.39 is 0 Å². The first-order chi connectivity index (χ1) is 8.69. The maximum Gasteiger partial charge on any atom is 0.221 e. The van der Waals surface area contributed by atoms with Crippen LogP contribution in [0.3, 0.4) is 0 Å². The van der Waals surface area contributed by atoms with Crippen molar-refractivity contribution in [1.82, 2.24) is 4.98 Å². The third-order valence-electron chi connectivity index (χ3n) is 2.45. The zero-order chi connectivity index (χ0) is 13.0. The normalized spacial score (nSPS) is 10.2. The smallest absolute Gasteiger partial charge is 0.221 e. The number of pyridine rings is 1. The molecule has 0 amide bonds. The van der Waals surface area contributed by atoms with Crippen LogP contribution in [-0.2, 0) is 0 Å². The Morgan fingerprint density at radius 3 is 2.89 bits per heavy atom. The van der Waals surface area contributed by atoms with Crippen molar-refractivity contribution >= 4 is 21.7 Å². The average Bonchev–Trinajstić information content (AvgIpc) is 2.35. The second-order valence-electron chi connectivity index (χ2n) is 3.90. The van der Waals surface area contributed by atoms with E-state index in [4.69, 9.17) is 4.74 Å². The van der Waals surface area contributed by atoms with Crippen LogP contribution in [0, 0.1) is 6.92 Å². The van der Waals surface area contributed by atoms with Crippen LogP contribution in [0.4, 0.5) is 5.82 Å². The number of nitrogens with zero attached hydrogens (tertiary/aromatic N) is 1. The highest BCUT2D eigenvalue weighted by atomic mass is 79.9. The van der Waals surface area contributed by atoms with Gasteiger partial charge in [0.2, 0.25) is 5.88 Å². The van der Waals surface area contributed by atoms with E-state index in [0.29, 0.717) is 5.88 Å². The zero-order valence-corrected chi connectivity index (χ0v) is 12.0. The molecule has 0 fully saturated rings. The molecule has 0 saturated carbocycles. The number of aromatic nitrogens is 1. The molecule has 1 aromatic carbocycles. The van der Waals surface area contributed by atoms with Crippen molar-refractivity contribution in [2.75, 3.05) is 11.9 Å². The first-order valence-electron chi connectivity index (χ1n) is 5.84. The van der Waals surface area contributed by atoms with E-state index in [2.05, 4.69) is 26.2 Å². The van der Waals surface area contributed by atoms with Crippen LogP contribution in [0.2, 0.25) is 0 Å². The molecule has 2 aromatic rings. The van der Waals surface area contributed by atoms with Gasteiger partial charge in [0.15, 0.2) is 0 Å². The molecule has 1 heterocycles. The van der Waals surface area contributed by atoms with E-state index in [1.807, 2.05) is 50.2 Å². The minimum Gasteiger partial charge on any atom is -0.439 e. The third kappa shape index (κ3) is 3.23. The summed E-state index contributed by atoms with van der Waals surface area (Å²) in [6.45, 7) is 4.88. The van der Waals surface area contributed by atoms with Crippen molar-refractivity contribution in [3.05, 3.63) is 46.4 Å². The van der Waals surface area contributed by atoms with Gasteiger partial charge in [0, 0.05) is 17.1 Å². The Balaban J connectivity index is 2.22. The predicted octanol–water partition coefficient (Wildman–Crippen LogP) is 4.38. The summed E-state index contributed by atoms with van der Waals surface area (Å²) in [4.78, 5) is 4.38. The van der Waals surface area contributed by atoms with Crippen LogP contribution in [0.5, 0.6) is 11.6 Å². The van der Waals surface area contributed by atoms with E-state index in [1.165, 1.54) is 0 Å². The maximum atomic E-state index is 5.80. The summed E-state index contributed by atoms with van der Waals surface area (Å²) in [5, 5.41) is 3.16. The van der Waals surface area contributed by atoms with Gasteiger partial charge in [-0.05, 0) is 37.6 Å². The SMILES string of the molecule is CCNc1cccc(Oc2cc(Br)ccc2C)n1. The summed E-state index contributed by atoms with van der Waals surface area (Å²) in [6.07, 6.45) is 0. The number of halogens is 1. The van der Waals surface area contributed by atoms with Crippen molar-refractivity contribution in [2.24, 2.45) is 0 Å². The van der Waals surface area contributed by atoms with Crippen LogP contribution in [0.25, 0.3) is 0 Å². The van der Waals surface area contributed by atoms with Crippen LogP contribution in [0.1, 0.15) is 12.5 Å². The molecule has 4 heteroatoms. The summed E-state index contributed by atoms with van der Waals surface area (Å²) in [6, 6.07) is 11.6. The van der Waals surface area contributed by atoms with Gasteiger partial charge < -0.3 is 10.1 Å². The molecule has 0 spiro atoms. The number of hydrogen-bond donors (Lipinski definition) is 1. The number of anilines is 1. The first kappa shape index (κ1) is 12.9. The van der Waals surface area contributed by atoms with Crippen molar-refractivity contribution in [3.63, 3.8) is 0 Å². The summed E-state index contributed by atoms with van der Waals surface area (Å²) in [5.41, 5.74) is 1.08. The molecule has 0 aliphatic rings. The quantitative estimate of drug-likeness (QED) is 0.910. The number of rotatable bonds is 4. The lowest BCUT2D eigenvalue weighted by atomic mass is 10.2. The third-order valence-corrected chi connectivity index (χ3v) is 2.94. The van der Waals surface area contributed by atoms with Crippen molar-refractivity contribution < 1.29 is 4.74 Å². The highest BCUT2D eigenvalue weighted by Gasteiger charge is 2.04. The molecule has 1 aromatic heterocycles. The molecule has 0 unspecified atom stereocenters. The number of aryl methyl sites for hydroxylation is 1. The largest absolute Gasteiger partial charge is 0.439 e. The average molecular weight is 307 g/mol. The molecule has 0 atom stereocenters. The molecule has 1 N–H and O–H groups in total. The summed E-state index contributed by atoms with van der Waals surface area (Å²) >= 11 is 3.44. The Kier molecular flexibility index (Phi) is 4.20. The van der Waals surface area contributed by atoms with E-state index in [-0.39, 0.29) is 0 Å². The fraction of sp³-hybridized carbons (Fsp3) is 0.214. The Morgan fingerprint density at radius 2 is 2.11 bits per heavy atom. The molecular weight excluding hydrogens is 292 g/mol. The summed E-state index contributed by atoms with van der Waals surface area (Å²) in [7, 11) is 0. The molecule has 0 bridgehead atoms. The molecule has 0 saturated heterocycles. The molecule has 0 aliphatic carbocycles. The first-order valence-corrected chi connectivity index (χ1v) is 6.63. The van der Waals surface area contributed by atoms with Gasteiger partial charge in [0.05, 0.1) is 0 Å². The summed E-state index contributed by atoms with van der Waals surface area (Å²) < 4.78 is 6.79. The molecule has 2 rings (SSSR count). The van der Waals surface area contributed by atoms with Gasteiger partial charge in [-0.15, -0.1) is 0 Å². The Hall–Kier alpha value is -1.55. The van der Waals surface area contributed by atoms with Crippen LogP contribution >= 0.6 is 15.9 Å². The van der Waals surface area contributed by atoms with E-state index >= 15 is 0 Å². The maximum absolute atomic E-state index is 5.80. The van der Waals surface area contributed by atoms with Crippen LogP contribution < -0.4 is 10.1 Å². The molecule has 3 nitrogen and oxygen atoms in total.